The number of nitrogen functional groups attached to an aromatic ring is 1. The summed E-state index contributed by atoms with van der Waals surface area (Å²) in [4.78, 5) is 57.5. The number of esters is 1. The Hall–Kier alpha value is -5.70. The minimum Gasteiger partial charge on any atom is -0.493 e. The first-order valence-corrected chi connectivity index (χ1v) is 15.2. The number of nitriles is 2. The number of ketones is 1. The van der Waals surface area contributed by atoms with Crippen LogP contribution in [0.2, 0.25) is 0 Å². The fourth-order valence-corrected chi connectivity index (χ4v) is 6.61. The van der Waals surface area contributed by atoms with Gasteiger partial charge in [0.15, 0.2) is 23.9 Å². The number of anilines is 2. The number of nitrogens with zero attached hydrogens (tertiary/aromatic N) is 4. The van der Waals surface area contributed by atoms with Crippen LogP contribution in [0.4, 0.5) is 11.5 Å². The molecule has 3 heterocycles. The maximum absolute atomic E-state index is 13.4. The number of carbonyl (C=O) groups is 4. The second-order valence-corrected chi connectivity index (χ2v) is 11.8. The van der Waals surface area contributed by atoms with Crippen molar-refractivity contribution in [2.24, 2.45) is 0 Å². The first-order chi connectivity index (χ1) is 22.2. The monoisotopic (exact) mass is 653 g/mol. The van der Waals surface area contributed by atoms with Gasteiger partial charge in [0.1, 0.15) is 28.5 Å². The molecule has 0 bridgehead atoms. The van der Waals surface area contributed by atoms with E-state index in [-0.39, 0.29) is 45.2 Å². The summed E-state index contributed by atoms with van der Waals surface area (Å²) in [6, 6.07) is 17.8. The molecule has 1 fully saturated rings. The Morgan fingerprint density at radius 3 is 2.35 bits per heavy atom. The molecule has 230 valence electrons. The van der Waals surface area contributed by atoms with Crippen LogP contribution in [0.15, 0.2) is 65.0 Å². The number of hydrogen-bond acceptors (Lipinski definition) is 13. The zero-order chi connectivity index (χ0) is 33.0. The van der Waals surface area contributed by atoms with E-state index in [1.807, 2.05) is 6.07 Å². The molecule has 2 amide bonds. The Morgan fingerprint density at radius 1 is 1.02 bits per heavy atom. The van der Waals surface area contributed by atoms with E-state index in [2.05, 4.69) is 11.1 Å². The fraction of sp³-hybridized carbons (Fsp3) is 0.156. The first kappa shape index (κ1) is 31.7. The molecule has 1 atom stereocenters. The normalized spacial score (nSPS) is 14.0. The summed E-state index contributed by atoms with van der Waals surface area (Å²) in [7, 11) is 2.91. The Labute approximate surface area is 270 Å². The van der Waals surface area contributed by atoms with Gasteiger partial charge in [-0.1, -0.05) is 17.8 Å². The lowest BCUT2D eigenvalue weighted by Gasteiger charge is -2.16. The number of carbonyl (C=O) groups excluding carboxylic acids is 4. The average Bonchev–Trinajstić information content (AvgIpc) is 3.70. The summed E-state index contributed by atoms with van der Waals surface area (Å²) in [6.45, 7) is -0.523. The van der Waals surface area contributed by atoms with E-state index in [1.165, 1.54) is 62.0 Å². The molecular weight excluding hydrogens is 631 g/mol. The largest absolute Gasteiger partial charge is 0.493 e. The summed E-state index contributed by atoms with van der Waals surface area (Å²) in [6.07, 6.45) is -0.174. The Kier molecular flexibility index (Phi) is 9.32. The predicted molar refractivity (Wildman–Crippen MR) is 169 cm³/mol. The number of pyridine rings is 1. The molecule has 2 aromatic heterocycles. The predicted octanol–water partition coefficient (Wildman–Crippen LogP) is 4.62. The first-order valence-electron chi connectivity index (χ1n) is 13.4. The molecule has 12 nitrogen and oxygen atoms in total. The highest BCUT2D eigenvalue weighted by Crippen LogP contribution is 2.41. The number of thiophene rings is 1. The molecule has 4 aromatic rings. The number of methoxy groups -OCH3 is 2. The number of rotatable bonds is 10. The van der Waals surface area contributed by atoms with Gasteiger partial charge in [-0.05, 0) is 53.9 Å². The fourth-order valence-electron chi connectivity index (χ4n) is 4.71. The van der Waals surface area contributed by atoms with Crippen LogP contribution in [-0.4, -0.2) is 54.6 Å². The van der Waals surface area contributed by atoms with Crippen molar-refractivity contribution in [3.63, 3.8) is 0 Å². The van der Waals surface area contributed by atoms with E-state index in [1.54, 1.807) is 23.6 Å². The van der Waals surface area contributed by atoms with Crippen LogP contribution in [-0.2, 0) is 14.3 Å². The van der Waals surface area contributed by atoms with Gasteiger partial charge in [-0.25, -0.2) is 14.7 Å². The molecule has 1 saturated heterocycles. The molecule has 1 aliphatic heterocycles. The van der Waals surface area contributed by atoms with Crippen LogP contribution in [0.5, 0.6) is 11.5 Å². The zero-order valence-corrected chi connectivity index (χ0v) is 25.9. The third-order valence-corrected chi connectivity index (χ3v) is 9.00. The highest BCUT2D eigenvalue weighted by molar-refractivity contribution is 8.00. The molecule has 46 heavy (non-hydrogen) atoms. The van der Waals surface area contributed by atoms with Crippen molar-refractivity contribution < 1.29 is 33.4 Å². The quantitative estimate of drug-likeness (QED) is 0.142. The van der Waals surface area contributed by atoms with Crippen LogP contribution in [0, 0.1) is 22.7 Å². The minimum absolute atomic E-state index is 0.0581. The van der Waals surface area contributed by atoms with E-state index >= 15 is 0 Å². The molecule has 14 heteroatoms. The minimum atomic E-state index is -0.914. The smallest absolute Gasteiger partial charge is 0.338 e. The molecule has 1 unspecified atom stereocenters. The zero-order valence-electron chi connectivity index (χ0n) is 24.3. The van der Waals surface area contributed by atoms with Gasteiger partial charge in [-0.3, -0.25) is 14.4 Å². The lowest BCUT2D eigenvalue weighted by atomic mass is 10.0. The summed E-state index contributed by atoms with van der Waals surface area (Å²) in [5.74, 6) is -1.55. The molecule has 0 spiro atoms. The Balaban J connectivity index is 1.28. The van der Waals surface area contributed by atoms with Crippen molar-refractivity contribution in [2.75, 3.05) is 31.5 Å². The number of Topliss-reactive ketones (excluding diaryl/α,β-unsaturated/α-hetero) is 1. The van der Waals surface area contributed by atoms with Crippen LogP contribution in [0.25, 0.3) is 10.4 Å². The second kappa shape index (κ2) is 13.5. The highest BCUT2D eigenvalue weighted by atomic mass is 32.2. The highest BCUT2D eigenvalue weighted by Gasteiger charge is 2.41. The van der Waals surface area contributed by atoms with Gasteiger partial charge in [0.2, 0.25) is 11.8 Å². The van der Waals surface area contributed by atoms with E-state index < -0.39 is 35.4 Å². The van der Waals surface area contributed by atoms with E-state index in [0.29, 0.717) is 21.9 Å². The molecule has 0 saturated carbocycles. The Bertz CT molecular complexity index is 1950. The number of imide groups is 1. The van der Waals surface area contributed by atoms with Crippen molar-refractivity contribution in [1.82, 2.24) is 4.98 Å². The number of benzene rings is 2. The molecule has 5 rings (SSSR count). The number of thioether (sulfide) groups is 1. The van der Waals surface area contributed by atoms with Gasteiger partial charge in [0, 0.05) is 22.4 Å². The van der Waals surface area contributed by atoms with Crippen molar-refractivity contribution in [3.8, 4) is 34.1 Å². The van der Waals surface area contributed by atoms with Crippen LogP contribution in [0.3, 0.4) is 0 Å². The molecule has 0 aliphatic carbocycles. The molecular formula is C32H23N5O7S2. The van der Waals surface area contributed by atoms with E-state index in [9.17, 15) is 29.7 Å². The second-order valence-electron chi connectivity index (χ2n) is 9.62. The maximum atomic E-state index is 13.4. The number of hydrogen-bond donors (Lipinski definition) is 1. The third kappa shape index (κ3) is 6.12. The summed E-state index contributed by atoms with van der Waals surface area (Å²) >= 11 is 2.25. The van der Waals surface area contributed by atoms with Crippen molar-refractivity contribution in [3.05, 3.63) is 82.2 Å². The lowest BCUT2D eigenvalue weighted by Crippen LogP contribution is -2.31. The van der Waals surface area contributed by atoms with Gasteiger partial charge >= 0.3 is 5.97 Å². The van der Waals surface area contributed by atoms with Gasteiger partial charge in [0.25, 0.3) is 0 Å². The van der Waals surface area contributed by atoms with Gasteiger partial charge in [-0.15, -0.1) is 11.3 Å². The molecule has 1 aliphatic rings. The molecule has 2 aromatic carbocycles. The van der Waals surface area contributed by atoms with E-state index in [0.717, 1.165) is 16.7 Å². The van der Waals surface area contributed by atoms with Crippen molar-refractivity contribution in [2.45, 2.75) is 16.7 Å². The van der Waals surface area contributed by atoms with Crippen LogP contribution >= 0.6 is 23.1 Å². The lowest BCUT2D eigenvalue weighted by molar-refractivity contribution is -0.121. The van der Waals surface area contributed by atoms with Crippen LogP contribution < -0.4 is 20.1 Å². The molecule has 2 N–H and O–H groups in total. The summed E-state index contributed by atoms with van der Waals surface area (Å²) in [5.41, 5.74) is 7.14. The van der Waals surface area contributed by atoms with Crippen molar-refractivity contribution >= 4 is 58.2 Å². The molecule has 0 radical (unpaired) electrons. The van der Waals surface area contributed by atoms with Crippen LogP contribution in [0.1, 0.15) is 38.3 Å². The topological polar surface area (TPSA) is 186 Å². The number of nitrogens with two attached hydrogens (primary N) is 1. The Morgan fingerprint density at radius 2 is 1.72 bits per heavy atom. The average molecular weight is 654 g/mol. The number of amides is 2. The number of ether oxygens (including phenoxy) is 3. The number of aromatic nitrogens is 1. The summed E-state index contributed by atoms with van der Waals surface area (Å²) in [5, 5.41) is 20.7. The van der Waals surface area contributed by atoms with E-state index in [4.69, 9.17) is 19.9 Å². The van der Waals surface area contributed by atoms with Gasteiger partial charge in [-0.2, -0.15) is 10.5 Å². The SMILES string of the molecule is COc1ccc(C(=O)COC(=O)c2ccc(N3C(=O)CC(Sc4nc(N)c(C#N)c(-c5cccs5)c4C#N)C3=O)cc2)cc1OC. The summed E-state index contributed by atoms with van der Waals surface area (Å²) < 4.78 is 15.5. The third-order valence-electron chi connectivity index (χ3n) is 6.94. The maximum Gasteiger partial charge on any atom is 0.338 e. The van der Waals surface area contributed by atoms with Crippen molar-refractivity contribution in [1.29, 1.82) is 10.5 Å². The van der Waals surface area contributed by atoms with Gasteiger partial charge in [0.05, 0.1) is 36.3 Å². The standard InChI is InChI=1S/C32H23N5O7S2/c1-42-23-10-7-18(12-24(23)43-2)22(38)16-44-32(41)17-5-8-19(9-6-17)37-27(39)13-26(31(37)40)46-30-21(15-34)28(25-4-3-11-45-25)20(14-33)29(35)36-30/h3-12,26H,13,16H2,1-2H3,(H2,35,36). The van der Waals surface area contributed by atoms with Gasteiger partial charge < -0.3 is 19.9 Å².